The van der Waals surface area contributed by atoms with Gasteiger partial charge in [0.05, 0.1) is 4.88 Å². The zero-order chi connectivity index (χ0) is 21.8. The zero-order valence-electron chi connectivity index (χ0n) is 17.7. The van der Waals surface area contributed by atoms with Gasteiger partial charge in [-0.05, 0) is 43.0 Å². The third-order valence-electron chi connectivity index (χ3n) is 5.24. The van der Waals surface area contributed by atoms with Gasteiger partial charge in [0.2, 0.25) is 0 Å². The quantitative estimate of drug-likeness (QED) is 0.667. The van der Waals surface area contributed by atoms with E-state index in [4.69, 9.17) is 0 Å². The highest BCUT2D eigenvalue weighted by Gasteiger charge is 2.23. The van der Waals surface area contributed by atoms with Crippen molar-refractivity contribution < 1.29 is 9.59 Å². The van der Waals surface area contributed by atoms with Crippen LogP contribution in [0.4, 0.5) is 5.82 Å². The second kappa shape index (κ2) is 9.26. The second-order valence-electron chi connectivity index (χ2n) is 7.55. The van der Waals surface area contributed by atoms with Crippen molar-refractivity contribution >= 4 is 29.0 Å². The largest absolute Gasteiger partial charge is 0.353 e. The molecular formula is C23H25N5O2S. The molecule has 7 nitrogen and oxygen atoms in total. The SMILES string of the molecule is Cc1cc(N2CCN(C(=O)c3ccc(CNC(=O)c4cccs4)cc3)CC2)nc(C)n1. The lowest BCUT2D eigenvalue weighted by Crippen LogP contribution is -2.49. The summed E-state index contributed by atoms with van der Waals surface area (Å²) < 4.78 is 0. The van der Waals surface area contributed by atoms with E-state index in [1.54, 1.807) is 6.07 Å². The highest BCUT2D eigenvalue weighted by molar-refractivity contribution is 7.12. The Morgan fingerprint density at radius 3 is 2.42 bits per heavy atom. The van der Waals surface area contributed by atoms with Crippen molar-refractivity contribution in [2.24, 2.45) is 0 Å². The molecule has 160 valence electrons. The highest BCUT2D eigenvalue weighted by Crippen LogP contribution is 2.17. The summed E-state index contributed by atoms with van der Waals surface area (Å²) in [6, 6.07) is 13.1. The number of anilines is 1. The van der Waals surface area contributed by atoms with Crippen LogP contribution < -0.4 is 10.2 Å². The summed E-state index contributed by atoms with van der Waals surface area (Å²) in [5.74, 6) is 1.64. The zero-order valence-corrected chi connectivity index (χ0v) is 18.5. The molecule has 0 spiro atoms. The third kappa shape index (κ3) is 5.08. The highest BCUT2D eigenvalue weighted by atomic mass is 32.1. The lowest BCUT2D eigenvalue weighted by atomic mass is 10.1. The van der Waals surface area contributed by atoms with Crippen molar-refractivity contribution in [1.29, 1.82) is 0 Å². The van der Waals surface area contributed by atoms with Crippen LogP contribution in [0.2, 0.25) is 0 Å². The van der Waals surface area contributed by atoms with Gasteiger partial charge in [-0.1, -0.05) is 18.2 Å². The van der Waals surface area contributed by atoms with Crippen molar-refractivity contribution in [2.75, 3.05) is 31.1 Å². The van der Waals surface area contributed by atoms with Gasteiger partial charge in [-0.25, -0.2) is 9.97 Å². The normalized spacial score (nSPS) is 13.9. The van der Waals surface area contributed by atoms with Crippen LogP contribution in [0.15, 0.2) is 47.8 Å². The molecule has 0 atom stereocenters. The maximum Gasteiger partial charge on any atom is 0.261 e. The number of aryl methyl sites for hydroxylation is 2. The summed E-state index contributed by atoms with van der Waals surface area (Å²) in [4.78, 5) is 38.6. The Labute approximate surface area is 185 Å². The van der Waals surface area contributed by atoms with Gasteiger partial charge in [-0.15, -0.1) is 11.3 Å². The predicted octanol–water partition coefficient (Wildman–Crippen LogP) is 3.05. The first-order valence-corrected chi connectivity index (χ1v) is 11.1. The van der Waals surface area contributed by atoms with E-state index < -0.39 is 0 Å². The maximum absolute atomic E-state index is 12.9. The van der Waals surface area contributed by atoms with Crippen molar-refractivity contribution in [2.45, 2.75) is 20.4 Å². The smallest absolute Gasteiger partial charge is 0.261 e. The van der Waals surface area contributed by atoms with Crippen molar-refractivity contribution in [3.8, 4) is 0 Å². The molecule has 1 N–H and O–H groups in total. The van der Waals surface area contributed by atoms with Crippen molar-refractivity contribution in [3.63, 3.8) is 0 Å². The molecule has 0 unspecified atom stereocenters. The topological polar surface area (TPSA) is 78.4 Å². The molecule has 3 heterocycles. The Morgan fingerprint density at radius 1 is 1.03 bits per heavy atom. The Kier molecular flexibility index (Phi) is 6.27. The average molecular weight is 436 g/mol. The number of aromatic nitrogens is 2. The first-order valence-electron chi connectivity index (χ1n) is 10.3. The van der Waals surface area contributed by atoms with E-state index in [0.717, 1.165) is 36.0 Å². The fourth-order valence-corrected chi connectivity index (χ4v) is 4.26. The van der Waals surface area contributed by atoms with E-state index >= 15 is 0 Å². The minimum Gasteiger partial charge on any atom is -0.353 e. The number of carbonyl (C=O) groups is 2. The Morgan fingerprint density at radius 2 is 1.77 bits per heavy atom. The summed E-state index contributed by atoms with van der Waals surface area (Å²) in [7, 11) is 0. The summed E-state index contributed by atoms with van der Waals surface area (Å²) >= 11 is 1.42. The molecule has 3 aromatic rings. The molecule has 8 heteroatoms. The molecule has 2 aromatic heterocycles. The number of thiophene rings is 1. The molecule has 31 heavy (non-hydrogen) atoms. The molecule has 4 rings (SSSR count). The molecule has 0 aliphatic carbocycles. The van der Waals surface area contributed by atoms with Crippen molar-refractivity contribution in [3.05, 3.63) is 75.4 Å². The van der Waals surface area contributed by atoms with Gasteiger partial charge < -0.3 is 15.1 Å². The number of piperazine rings is 1. The van der Waals surface area contributed by atoms with Gasteiger partial charge in [0, 0.05) is 50.0 Å². The number of amides is 2. The van der Waals surface area contributed by atoms with Crippen LogP contribution in [0, 0.1) is 13.8 Å². The minimum atomic E-state index is -0.0814. The molecular weight excluding hydrogens is 410 g/mol. The number of carbonyl (C=O) groups excluding carboxylic acids is 2. The van der Waals surface area contributed by atoms with Gasteiger partial charge in [0.25, 0.3) is 11.8 Å². The first-order chi connectivity index (χ1) is 15.0. The molecule has 2 amide bonds. The summed E-state index contributed by atoms with van der Waals surface area (Å²) in [5, 5.41) is 4.78. The lowest BCUT2D eigenvalue weighted by molar-refractivity contribution is 0.0746. The Bertz CT molecular complexity index is 1040. The van der Waals surface area contributed by atoms with Crippen LogP contribution in [-0.4, -0.2) is 52.9 Å². The van der Waals surface area contributed by atoms with E-state index in [0.29, 0.717) is 30.1 Å². The van der Waals surface area contributed by atoms with E-state index in [-0.39, 0.29) is 11.8 Å². The molecule has 1 aliphatic rings. The maximum atomic E-state index is 12.9. The Balaban J connectivity index is 1.31. The van der Waals surface area contributed by atoms with E-state index in [1.165, 1.54) is 11.3 Å². The van der Waals surface area contributed by atoms with Gasteiger partial charge in [0.1, 0.15) is 11.6 Å². The number of hydrogen-bond donors (Lipinski definition) is 1. The number of nitrogens with zero attached hydrogens (tertiary/aromatic N) is 4. The molecule has 1 aliphatic heterocycles. The average Bonchev–Trinajstić information content (AvgIpc) is 3.32. The fourth-order valence-electron chi connectivity index (χ4n) is 3.62. The van der Waals surface area contributed by atoms with E-state index in [9.17, 15) is 9.59 Å². The standard InChI is InChI=1S/C23H25N5O2S/c1-16-14-21(26-17(2)25-16)27-9-11-28(12-10-27)23(30)19-7-5-18(6-8-19)15-24-22(29)20-4-3-13-31-20/h3-8,13-14H,9-12,15H2,1-2H3,(H,24,29). The lowest BCUT2D eigenvalue weighted by Gasteiger charge is -2.35. The number of nitrogens with one attached hydrogen (secondary N) is 1. The van der Waals surface area contributed by atoms with E-state index in [2.05, 4.69) is 20.2 Å². The van der Waals surface area contributed by atoms with Crippen LogP contribution in [0.3, 0.4) is 0 Å². The summed E-state index contributed by atoms with van der Waals surface area (Å²) in [6.07, 6.45) is 0. The number of benzene rings is 1. The van der Waals surface area contributed by atoms with Gasteiger partial charge in [-0.3, -0.25) is 9.59 Å². The van der Waals surface area contributed by atoms with Crippen LogP contribution in [0.1, 0.15) is 37.1 Å². The van der Waals surface area contributed by atoms with Crippen LogP contribution in [0.5, 0.6) is 0 Å². The molecule has 0 bridgehead atoms. The van der Waals surface area contributed by atoms with Gasteiger partial charge >= 0.3 is 0 Å². The number of rotatable bonds is 5. The second-order valence-corrected chi connectivity index (χ2v) is 8.50. The van der Waals surface area contributed by atoms with Crippen molar-refractivity contribution in [1.82, 2.24) is 20.2 Å². The van der Waals surface area contributed by atoms with E-state index in [1.807, 2.05) is 60.5 Å². The number of hydrogen-bond acceptors (Lipinski definition) is 6. The molecule has 0 saturated carbocycles. The summed E-state index contributed by atoms with van der Waals surface area (Å²) in [6.45, 7) is 7.09. The molecule has 0 radical (unpaired) electrons. The van der Waals surface area contributed by atoms with Gasteiger partial charge in [0.15, 0.2) is 0 Å². The minimum absolute atomic E-state index is 0.0314. The molecule has 1 aromatic carbocycles. The fraction of sp³-hybridized carbons (Fsp3) is 0.304. The molecule has 1 fully saturated rings. The van der Waals surface area contributed by atoms with Crippen LogP contribution in [0.25, 0.3) is 0 Å². The monoisotopic (exact) mass is 435 g/mol. The molecule has 1 saturated heterocycles. The summed E-state index contributed by atoms with van der Waals surface area (Å²) in [5.41, 5.74) is 2.57. The van der Waals surface area contributed by atoms with Gasteiger partial charge in [-0.2, -0.15) is 0 Å². The first kappa shape index (κ1) is 21.0. The third-order valence-corrected chi connectivity index (χ3v) is 6.11. The Hall–Kier alpha value is -3.26. The van der Waals surface area contributed by atoms with Crippen LogP contribution in [-0.2, 0) is 6.54 Å². The van der Waals surface area contributed by atoms with Crippen LogP contribution >= 0.6 is 11.3 Å². The predicted molar refractivity (Wildman–Crippen MR) is 122 cm³/mol.